The van der Waals surface area contributed by atoms with Gasteiger partial charge in [0, 0.05) is 11.8 Å². The lowest BCUT2D eigenvalue weighted by molar-refractivity contribution is -0.118. The molecule has 1 aromatic heterocycles. The van der Waals surface area contributed by atoms with E-state index >= 15 is 0 Å². The van der Waals surface area contributed by atoms with Crippen LogP contribution in [0.1, 0.15) is 29.5 Å². The molecule has 2 aliphatic rings. The molecule has 1 saturated carbocycles. The van der Waals surface area contributed by atoms with Gasteiger partial charge < -0.3 is 14.8 Å². The van der Waals surface area contributed by atoms with Crippen LogP contribution in [0.4, 0.5) is 5.82 Å². The van der Waals surface area contributed by atoms with Crippen LogP contribution in [-0.4, -0.2) is 33.1 Å². The minimum atomic E-state index is -3.50. The van der Waals surface area contributed by atoms with Gasteiger partial charge in [0.25, 0.3) is 0 Å². The molecule has 3 aromatic rings. The molecule has 2 N–H and O–H groups in total. The molecule has 1 amide bonds. The second-order valence-electron chi connectivity index (χ2n) is 8.61. The van der Waals surface area contributed by atoms with E-state index in [1.807, 2.05) is 32.0 Å². The van der Waals surface area contributed by atoms with E-state index in [2.05, 4.69) is 15.0 Å². The number of benzene rings is 2. The molecular weight excluding hydrogens is 454 g/mol. The second kappa shape index (κ2) is 8.11. The summed E-state index contributed by atoms with van der Waals surface area (Å²) in [5.41, 5.74) is 3.87. The standard InChI is InChI=1S/C25H25N3O5S/c1-15-16(2)23(27-13-20(15)17-4-7-19(8-5-17)34(30,31)26-3)28-24(29)25(10-11-25)18-6-9-21-22(12-18)33-14-32-21/h4-9,12-13,26H,10-11,14H2,1-3H3,(H,27,28,29). The number of aromatic nitrogens is 1. The molecule has 9 heteroatoms. The summed E-state index contributed by atoms with van der Waals surface area (Å²) in [5, 5.41) is 3.03. The Bertz CT molecular complexity index is 1400. The predicted molar refractivity (Wildman–Crippen MR) is 127 cm³/mol. The molecule has 1 aliphatic heterocycles. The number of nitrogens with zero attached hydrogens (tertiary/aromatic N) is 1. The van der Waals surface area contributed by atoms with Crippen molar-refractivity contribution >= 4 is 21.7 Å². The van der Waals surface area contributed by atoms with Gasteiger partial charge >= 0.3 is 0 Å². The fourth-order valence-corrected chi connectivity index (χ4v) is 4.97. The van der Waals surface area contributed by atoms with Crippen LogP contribution in [-0.2, 0) is 20.2 Å². The van der Waals surface area contributed by atoms with Gasteiger partial charge in [0.1, 0.15) is 5.82 Å². The molecule has 1 aliphatic carbocycles. The fourth-order valence-electron chi connectivity index (χ4n) is 4.24. The molecule has 2 aromatic carbocycles. The highest BCUT2D eigenvalue weighted by Crippen LogP contribution is 2.51. The van der Waals surface area contributed by atoms with Crippen molar-refractivity contribution in [3.8, 4) is 22.6 Å². The quantitative estimate of drug-likeness (QED) is 0.559. The Morgan fingerprint density at radius 1 is 1.00 bits per heavy atom. The van der Waals surface area contributed by atoms with E-state index in [0.29, 0.717) is 17.3 Å². The minimum absolute atomic E-state index is 0.0873. The van der Waals surface area contributed by atoms with Crippen molar-refractivity contribution in [1.29, 1.82) is 0 Å². The Morgan fingerprint density at radius 3 is 2.38 bits per heavy atom. The lowest BCUT2D eigenvalue weighted by atomic mass is 9.94. The maximum absolute atomic E-state index is 13.3. The molecule has 0 atom stereocenters. The zero-order valence-electron chi connectivity index (χ0n) is 19.1. The Balaban J connectivity index is 1.39. The van der Waals surface area contributed by atoms with E-state index in [-0.39, 0.29) is 17.6 Å². The normalized spacial score (nSPS) is 15.7. The summed E-state index contributed by atoms with van der Waals surface area (Å²) in [6, 6.07) is 12.3. The van der Waals surface area contributed by atoms with Crippen molar-refractivity contribution < 1.29 is 22.7 Å². The third kappa shape index (κ3) is 3.70. The van der Waals surface area contributed by atoms with Gasteiger partial charge in [0.15, 0.2) is 11.5 Å². The van der Waals surface area contributed by atoms with Crippen LogP contribution in [0.5, 0.6) is 11.5 Å². The van der Waals surface area contributed by atoms with E-state index < -0.39 is 15.4 Å². The van der Waals surface area contributed by atoms with Crippen LogP contribution < -0.4 is 19.5 Å². The van der Waals surface area contributed by atoms with Gasteiger partial charge in [0.2, 0.25) is 22.7 Å². The number of rotatable bonds is 6. The second-order valence-corrected chi connectivity index (χ2v) is 10.5. The Morgan fingerprint density at radius 2 is 1.71 bits per heavy atom. The largest absolute Gasteiger partial charge is 0.454 e. The van der Waals surface area contributed by atoms with Crippen LogP contribution in [0.25, 0.3) is 11.1 Å². The average Bonchev–Trinajstić information content (AvgIpc) is 3.53. The highest BCUT2D eigenvalue weighted by Gasteiger charge is 2.52. The summed E-state index contributed by atoms with van der Waals surface area (Å²) in [7, 11) is -2.12. The van der Waals surface area contributed by atoms with Gasteiger partial charge in [-0.2, -0.15) is 0 Å². The fraction of sp³-hybridized carbons (Fsp3) is 0.280. The van der Waals surface area contributed by atoms with Gasteiger partial charge in [-0.3, -0.25) is 4.79 Å². The van der Waals surface area contributed by atoms with Gasteiger partial charge in [-0.05, 0) is 80.3 Å². The molecule has 5 rings (SSSR count). The first kappa shape index (κ1) is 22.4. The van der Waals surface area contributed by atoms with E-state index in [9.17, 15) is 13.2 Å². The van der Waals surface area contributed by atoms with Crippen LogP contribution in [0.3, 0.4) is 0 Å². The molecule has 0 radical (unpaired) electrons. The van der Waals surface area contributed by atoms with Gasteiger partial charge in [-0.25, -0.2) is 18.1 Å². The number of carbonyl (C=O) groups excluding carboxylic acids is 1. The Hall–Kier alpha value is -3.43. The first-order valence-corrected chi connectivity index (χ1v) is 12.5. The van der Waals surface area contributed by atoms with E-state index in [1.165, 1.54) is 7.05 Å². The lowest BCUT2D eigenvalue weighted by Gasteiger charge is -2.18. The smallest absolute Gasteiger partial charge is 0.240 e. The molecule has 0 bridgehead atoms. The summed E-state index contributed by atoms with van der Waals surface area (Å²) < 4.78 is 37.1. The zero-order valence-corrected chi connectivity index (χ0v) is 20.0. The minimum Gasteiger partial charge on any atom is -0.454 e. The maximum Gasteiger partial charge on any atom is 0.240 e. The van der Waals surface area contributed by atoms with Crippen LogP contribution in [0, 0.1) is 13.8 Å². The third-order valence-corrected chi connectivity index (χ3v) is 8.16. The highest BCUT2D eigenvalue weighted by molar-refractivity contribution is 7.89. The van der Waals surface area contributed by atoms with Crippen molar-refractivity contribution in [2.24, 2.45) is 0 Å². The zero-order chi connectivity index (χ0) is 24.1. The molecule has 1 fully saturated rings. The Labute approximate surface area is 198 Å². The van der Waals surface area contributed by atoms with Gasteiger partial charge in [-0.1, -0.05) is 18.2 Å². The van der Waals surface area contributed by atoms with Crippen LogP contribution in [0.2, 0.25) is 0 Å². The number of amides is 1. The predicted octanol–water partition coefficient (Wildman–Crippen LogP) is 3.67. The molecule has 8 nitrogen and oxygen atoms in total. The number of pyridine rings is 1. The SMILES string of the molecule is CNS(=O)(=O)c1ccc(-c2cnc(NC(=O)C3(c4ccc5c(c4)OCO5)CC3)c(C)c2C)cc1. The number of hydrogen-bond acceptors (Lipinski definition) is 6. The number of fused-ring (bicyclic) bond motifs is 1. The Kier molecular flexibility index (Phi) is 5.33. The van der Waals surface area contributed by atoms with E-state index in [1.54, 1.807) is 30.5 Å². The van der Waals surface area contributed by atoms with Gasteiger partial charge in [-0.15, -0.1) is 0 Å². The van der Waals surface area contributed by atoms with Crippen molar-refractivity contribution in [3.05, 3.63) is 65.4 Å². The molecule has 0 unspecified atom stereocenters. The number of hydrogen-bond donors (Lipinski definition) is 2. The summed E-state index contributed by atoms with van der Waals surface area (Å²) in [4.78, 5) is 18.0. The first-order chi connectivity index (χ1) is 16.2. The van der Waals surface area contributed by atoms with Gasteiger partial charge in [0.05, 0.1) is 10.3 Å². The first-order valence-electron chi connectivity index (χ1n) is 11.0. The molecule has 0 spiro atoms. The molecule has 176 valence electrons. The van der Waals surface area contributed by atoms with Crippen LogP contribution >= 0.6 is 0 Å². The summed E-state index contributed by atoms with van der Waals surface area (Å²) in [6.45, 7) is 4.08. The molecular formula is C25H25N3O5S. The highest BCUT2D eigenvalue weighted by atomic mass is 32.2. The van der Waals surface area contributed by atoms with E-state index in [4.69, 9.17) is 9.47 Å². The maximum atomic E-state index is 13.3. The average molecular weight is 480 g/mol. The number of carbonyl (C=O) groups is 1. The monoisotopic (exact) mass is 479 g/mol. The number of sulfonamides is 1. The third-order valence-electron chi connectivity index (χ3n) is 6.73. The van der Waals surface area contributed by atoms with E-state index in [0.717, 1.165) is 40.7 Å². The summed E-state index contributed by atoms with van der Waals surface area (Å²) >= 11 is 0. The number of ether oxygens (including phenoxy) is 2. The number of nitrogens with one attached hydrogen (secondary N) is 2. The van der Waals surface area contributed by atoms with Crippen molar-refractivity contribution in [3.63, 3.8) is 0 Å². The van der Waals surface area contributed by atoms with Crippen molar-refractivity contribution in [2.45, 2.75) is 37.0 Å². The lowest BCUT2D eigenvalue weighted by Crippen LogP contribution is -2.28. The summed E-state index contributed by atoms with van der Waals surface area (Å²) in [5.74, 6) is 1.79. The van der Waals surface area contributed by atoms with Crippen LogP contribution in [0.15, 0.2) is 53.6 Å². The number of anilines is 1. The van der Waals surface area contributed by atoms with Crippen molar-refractivity contribution in [2.75, 3.05) is 19.2 Å². The van der Waals surface area contributed by atoms with Crippen molar-refractivity contribution in [1.82, 2.24) is 9.71 Å². The molecule has 2 heterocycles. The molecule has 0 saturated heterocycles. The topological polar surface area (TPSA) is 107 Å². The molecule has 34 heavy (non-hydrogen) atoms. The summed E-state index contributed by atoms with van der Waals surface area (Å²) in [6.07, 6.45) is 3.23.